The zero-order chi connectivity index (χ0) is 15.7. The molecule has 0 spiro atoms. The third-order valence-corrected chi connectivity index (χ3v) is 5.01. The molecule has 0 fully saturated rings. The van der Waals surface area contributed by atoms with Gasteiger partial charge in [-0.1, -0.05) is 0 Å². The number of aryl methyl sites for hydroxylation is 1. The van der Waals surface area contributed by atoms with Gasteiger partial charge in [-0.25, -0.2) is 0 Å². The first-order valence-corrected chi connectivity index (χ1v) is 8.24. The van der Waals surface area contributed by atoms with Gasteiger partial charge in [0.05, 0.1) is 19.2 Å². The lowest BCUT2D eigenvalue weighted by molar-refractivity contribution is -0.446. The van der Waals surface area contributed by atoms with Crippen LogP contribution >= 0.6 is 11.8 Å². The number of hydrogen-bond acceptors (Lipinski definition) is 4. The van der Waals surface area contributed by atoms with Crippen molar-refractivity contribution in [3.8, 4) is 5.75 Å². The maximum atomic E-state index is 12.7. The first-order valence-electron chi connectivity index (χ1n) is 7.25. The number of carbonyl (C=O) groups is 1. The molecular formula is C16H20N3O2S+. The Hall–Kier alpha value is -1.95. The number of rotatable bonds is 4. The van der Waals surface area contributed by atoms with Gasteiger partial charge in [0.25, 0.3) is 0 Å². The number of benzene rings is 1. The average molecular weight is 318 g/mol. The molecule has 0 radical (unpaired) electrons. The van der Waals surface area contributed by atoms with Crippen molar-refractivity contribution in [1.29, 1.82) is 0 Å². The molecule has 0 unspecified atom stereocenters. The number of nitrogens with zero attached hydrogens (tertiary/aromatic N) is 1. The summed E-state index contributed by atoms with van der Waals surface area (Å²) in [4.78, 5) is 15.9. The van der Waals surface area contributed by atoms with Gasteiger partial charge in [-0.3, -0.25) is 15.1 Å². The number of amidine groups is 1. The molecule has 6 heteroatoms. The van der Waals surface area contributed by atoms with Crippen LogP contribution < -0.4 is 15.0 Å². The molecule has 116 valence electrons. The number of thioether (sulfide) groups is 1. The maximum Gasteiger partial charge on any atom is 0.304 e. The molecule has 0 atom stereocenters. The number of hydrogen-bond donors (Lipinski definition) is 2. The fraction of sp³-hybridized carbons (Fsp3) is 0.375. The molecule has 2 heterocycles. The predicted octanol–water partition coefficient (Wildman–Crippen LogP) is 0.451. The summed E-state index contributed by atoms with van der Waals surface area (Å²) in [5.74, 6) is 1.90. The Bertz CT molecular complexity index is 764. The summed E-state index contributed by atoms with van der Waals surface area (Å²) < 4.78 is 7.35. The van der Waals surface area contributed by atoms with Crippen molar-refractivity contribution >= 4 is 33.6 Å². The van der Waals surface area contributed by atoms with Crippen molar-refractivity contribution in [3.05, 3.63) is 29.5 Å². The summed E-state index contributed by atoms with van der Waals surface area (Å²) >= 11 is 1.72. The second-order valence-electron chi connectivity index (χ2n) is 5.28. The molecule has 2 N–H and O–H groups in total. The molecule has 3 rings (SSSR count). The van der Waals surface area contributed by atoms with Crippen molar-refractivity contribution in [2.24, 2.45) is 7.05 Å². The van der Waals surface area contributed by atoms with Crippen LogP contribution in [0.15, 0.2) is 18.2 Å². The Morgan fingerprint density at radius 2 is 2.32 bits per heavy atom. The Labute approximate surface area is 133 Å². The van der Waals surface area contributed by atoms with E-state index < -0.39 is 0 Å². The van der Waals surface area contributed by atoms with Crippen molar-refractivity contribution in [2.75, 3.05) is 26.0 Å². The molecule has 0 bridgehead atoms. The number of aromatic nitrogens is 1. The minimum Gasteiger partial charge on any atom is -0.497 e. The van der Waals surface area contributed by atoms with Gasteiger partial charge in [-0.15, -0.1) is 0 Å². The molecule has 1 aromatic heterocycles. The van der Waals surface area contributed by atoms with E-state index in [1.807, 2.05) is 32.2 Å². The quantitative estimate of drug-likeness (QED) is 0.804. The van der Waals surface area contributed by atoms with Gasteiger partial charge >= 0.3 is 5.17 Å². The summed E-state index contributed by atoms with van der Waals surface area (Å²) in [6.07, 6.45) is 0. The van der Waals surface area contributed by atoms with Gasteiger partial charge < -0.3 is 9.30 Å². The SMILES string of the molecule is COc1ccc2c(c1)c(C(=O)CNC1=[NH+]CCS1)c(C)n2C. The van der Waals surface area contributed by atoms with Crippen LogP contribution in [0.3, 0.4) is 0 Å². The van der Waals surface area contributed by atoms with Crippen LogP contribution in [-0.4, -0.2) is 41.5 Å². The van der Waals surface area contributed by atoms with Gasteiger partial charge in [0.2, 0.25) is 5.78 Å². The van der Waals surface area contributed by atoms with Crippen molar-refractivity contribution in [1.82, 2.24) is 9.88 Å². The van der Waals surface area contributed by atoms with Crippen molar-refractivity contribution in [3.63, 3.8) is 0 Å². The number of ether oxygens (including phenoxy) is 1. The van der Waals surface area contributed by atoms with Gasteiger partial charge in [-0.05, 0) is 36.9 Å². The van der Waals surface area contributed by atoms with Crippen LogP contribution in [0.4, 0.5) is 0 Å². The first kappa shape index (κ1) is 15.0. The topological polar surface area (TPSA) is 57.2 Å². The molecule has 0 saturated carbocycles. The lowest BCUT2D eigenvalue weighted by Crippen LogP contribution is -2.72. The van der Waals surface area contributed by atoms with Gasteiger partial charge in [0, 0.05) is 29.4 Å². The van der Waals surface area contributed by atoms with Gasteiger partial charge in [-0.2, -0.15) is 0 Å². The second kappa shape index (κ2) is 6.04. The normalized spacial score (nSPS) is 14.2. The van der Waals surface area contributed by atoms with E-state index in [-0.39, 0.29) is 5.78 Å². The minimum atomic E-state index is 0.0955. The third-order valence-electron chi connectivity index (χ3n) is 4.02. The minimum absolute atomic E-state index is 0.0955. The van der Waals surface area contributed by atoms with Gasteiger partial charge in [0.1, 0.15) is 12.3 Å². The van der Waals surface area contributed by atoms with Crippen molar-refractivity contribution in [2.45, 2.75) is 6.92 Å². The highest BCUT2D eigenvalue weighted by atomic mass is 32.2. The lowest BCUT2D eigenvalue weighted by atomic mass is 10.1. The Morgan fingerprint density at radius 3 is 3.00 bits per heavy atom. The zero-order valence-corrected chi connectivity index (χ0v) is 13.8. The van der Waals surface area contributed by atoms with Crippen LogP contribution in [0.25, 0.3) is 10.9 Å². The predicted molar refractivity (Wildman–Crippen MR) is 89.8 cm³/mol. The number of nitrogens with one attached hydrogen (secondary N) is 2. The highest BCUT2D eigenvalue weighted by molar-refractivity contribution is 8.13. The maximum absolute atomic E-state index is 12.7. The summed E-state index contributed by atoms with van der Waals surface area (Å²) in [5.41, 5.74) is 2.79. The summed E-state index contributed by atoms with van der Waals surface area (Å²) in [6, 6.07) is 5.85. The molecule has 1 aromatic carbocycles. The van der Waals surface area contributed by atoms with E-state index in [4.69, 9.17) is 4.74 Å². The van der Waals surface area contributed by atoms with Crippen LogP contribution in [0.1, 0.15) is 16.1 Å². The summed E-state index contributed by atoms with van der Waals surface area (Å²) in [5, 5.41) is 5.13. The van der Waals surface area contributed by atoms with Crippen LogP contribution in [0.2, 0.25) is 0 Å². The lowest BCUT2D eigenvalue weighted by Gasteiger charge is -2.02. The fourth-order valence-corrected chi connectivity index (χ4v) is 3.55. The number of fused-ring (bicyclic) bond motifs is 1. The van der Waals surface area contributed by atoms with E-state index in [0.29, 0.717) is 6.54 Å². The highest BCUT2D eigenvalue weighted by Gasteiger charge is 2.22. The first-order chi connectivity index (χ1) is 10.6. The van der Waals surface area contributed by atoms with E-state index in [9.17, 15) is 4.79 Å². The molecular weight excluding hydrogens is 298 g/mol. The number of methoxy groups -OCH3 is 1. The Kier molecular flexibility index (Phi) is 4.11. The summed E-state index contributed by atoms with van der Waals surface area (Å²) in [6.45, 7) is 3.23. The number of Topliss-reactive ketones (excluding diaryl/α,β-unsaturated/α-hetero) is 1. The molecule has 5 nitrogen and oxygen atoms in total. The van der Waals surface area contributed by atoms with E-state index in [1.54, 1.807) is 18.9 Å². The largest absolute Gasteiger partial charge is 0.497 e. The van der Waals surface area contributed by atoms with Crippen molar-refractivity contribution < 1.29 is 14.5 Å². The van der Waals surface area contributed by atoms with Crippen LogP contribution in [-0.2, 0) is 7.05 Å². The van der Waals surface area contributed by atoms with Crippen LogP contribution in [0.5, 0.6) is 5.75 Å². The van der Waals surface area contributed by atoms with E-state index in [1.165, 1.54) is 0 Å². The molecule has 0 aliphatic carbocycles. The number of ketones is 1. The Morgan fingerprint density at radius 1 is 1.50 bits per heavy atom. The molecule has 1 aliphatic rings. The smallest absolute Gasteiger partial charge is 0.304 e. The van der Waals surface area contributed by atoms with E-state index >= 15 is 0 Å². The fourth-order valence-electron chi connectivity index (χ4n) is 2.76. The zero-order valence-electron chi connectivity index (χ0n) is 13.0. The third kappa shape index (κ3) is 2.59. The molecule has 0 amide bonds. The highest BCUT2D eigenvalue weighted by Crippen LogP contribution is 2.28. The molecule has 0 saturated heterocycles. The standard InChI is InChI=1S/C16H19N3O2S/c1-10-15(14(20)9-18-16-17-6-7-22-16)12-8-11(21-3)4-5-13(12)19(10)2/h4-5,8H,6-7,9H2,1-3H3,(H,17,18)/p+1. The van der Waals surface area contributed by atoms with Gasteiger partial charge in [0.15, 0.2) is 0 Å². The summed E-state index contributed by atoms with van der Waals surface area (Å²) in [7, 11) is 3.62. The molecule has 2 aromatic rings. The molecule has 1 aliphatic heterocycles. The van der Waals surface area contributed by atoms with Crippen LogP contribution in [0, 0.1) is 6.92 Å². The Balaban J connectivity index is 1.94. The van der Waals surface area contributed by atoms with E-state index in [0.717, 1.165) is 45.4 Å². The molecule has 22 heavy (non-hydrogen) atoms. The van der Waals surface area contributed by atoms with E-state index in [2.05, 4.69) is 14.9 Å². The average Bonchev–Trinajstić information content (AvgIpc) is 3.13. The second-order valence-corrected chi connectivity index (χ2v) is 6.39. The number of carbonyl (C=O) groups excluding carboxylic acids is 1. The monoisotopic (exact) mass is 318 g/mol.